The molecule has 1 saturated heterocycles. The van der Waals surface area contributed by atoms with Gasteiger partial charge in [-0.3, -0.25) is 4.79 Å². The molecule has 0 aliphatic carbocycles. The number of nitrogens with one attached hydrogen (secondary N) is 1. The summed E-state index contributed by atoms with van der Waals surface area (Å²) in [4.78, 5) is 17.9. The Morgan fingerprint density at radius 3 is 2.83 bits per heavy atom. The summed E-state index contributed by atoms with van der Waals surface area (Å²) in [5.74, 6) is 0.827. The molecule has 1 amide bonds. The Bertz CT molecular complexity index is 388. The second kappa shape index (κ2) is 6.32. The Morgan fingerprint density at radius 2 is 2.22 bits per heavy atom. The molecule has 2 heterocycles. The predicted molar refractivity (Wildman–Crippen MR) is 69.6 cm³/mol. The van der Waals surface area contributed by atoms with Crippen LogP contribution in [0.25, 0.3) is 0 Å². The first-order valence-electron chi connectivity index (χ1n) is 6.08. The van der Waals surface area contributed by atoms with Gasteiger partial charge in [0.1, 0.15) is 5.82 Å². The molecule has 0 unspecified atom stereocenters. The molecule has 98 valence electrons. The van der Waals surface area contributed by atoms with Gasteiger partial charge >= 0.3 is 0 Å². The minimum atomic E-state index is -0.0848. The molecular formula is C12H18N4O2. The third-order valence-electron chi connectivity index (χ3n) is 2.74. The van der Waals surface area contributed by atoms with Crippen LogP contribution in [-0.4, -0.2) is 43.7 Å². The molecule has 0 radical (unpaired) electrons. The maximum atomic E-state index is 11.4. The number of ether oxygens (including phenoxy) is 1. The van der Waals surface area contributed by atoms with Gasteiger partial charge in [0, 0.05) is 26.1 Å². The van der Waals surface area contributed by atoms with Gasteiger partial charge in [0.05, 0.1) is 25.1 Å². The zero-order valence-corrected chi connectivity index (χ0v) is 10.3. The van der Waals surface area contributed by atoms with E-state index < -0.39 is 0 Å². The molecule has 1 fully saturated rings. The Morgan fingerprint density at radius 1 is 1.44 bits per heavy atom. The average molecular weight is 250 g/mol. The van der Waals surface area contributed by atoms with Crippen LogP contribution < -0.4 is 16.0 Å². The van der Waals surface area contributed by atoms with Crippen LogP contribution in [0.4, 0.5) is 11.5 Å². The van der Waals surface area contributed by atoms with Crippen LogP contribution in [0.15, 0.2) is 18.3 Å². The molecule has 1 aliphatic rings. The van der Waals surface area contributed by atoms with E-state index in [4.69, 9.17) is 10.5 Å². The van der Waals surface area contributed by atoms with Crippen molar-refractivity contribution in [3.8, 4) is 0 Å². The summed E-state index contributed by atoms with van der Waals surface area (Å²) >= 11 is 0. The zero-order chi connectivity index (χ0) is 12.8. The first kappa shape index (κ1) is 12.8. The van der Waals surface area contributed by atoms with Crippen molar-refractivity contribution in [2.24, 2.45) is 5.73 Å². The van der Waals surface area contributed by atoms with Crippen LogP contribution >= 0.6 is 0 Å². The Kier molecular flexibility index (Phi) is 4.49. The number of hydrogen-bond donors (Lipinski definition) is 2. The van der Waals surface area contributed by atoms with Gasteiger partial charge in [-0.25, -0.2) is 4.98 Å². The fourth-order valence-electron chi connectivity index (χ4n) is 1.79. The van der Waals surface area contributed by atoms with Gasteiger partial charge in [-0.15, -0.1) is 0 Å². The van der Waals surface area contributed by atoms with E-state index in [0.29, 0.717) is 18.7 Å². The number of amides is 1. The average Bonchev–Trinajstić information content (AvgIpc) is 2.41. The van der Waals surface area contributed by atoms with Crippen molar-refractivity contribution >= 4 is 17.4 Å². The molecule has 6 nitrogen and oxygen atoms in total. The van der Waals surface area contributed by atoms with Crippen LogP contribution in [0.5, 0.6) is 0 Å². The monoisotopic (exact) mass is 250 g/mol. The van der Waals surface area contributed by atoms with E-state index in [-0.39, 0.29) is 5.91 Å². The largest absolute Gasteiger partial charge is 0.378 e. The molecule has 6 heteroatoms. The maximum Gasteiger partial charge on any atom is 0.225 e. The SMILES string of the molecule is NCCC(=O)Nc1ccc(N2CCOCC2)nc1. The lowest BCUT2D eigenvalue weighted by molar-refractivity contribution is -0.116. The highest BCUT2D eigenvalue weighted by molar-refractivity contribution is 5.90. The molecule has 0 bridgehead atoms. The van der Waals surface area contributed by atoms with E-state index in [1.165, 1.54) is 0 Å². The Balaban J connectivity index is 1.94. The summed E-state index contributed by atoms with van der Waals surface area (Å²) in [6.07, 6.45) is 1.99. The number of carbonyl (C=O) groups excluding carboxylic acids is 1. The molecule has 18 heavy (non-hydrogen) atoms. The summed E-state index contributed by atoms with van der Waals surface area (Å²) in [5.41, 5.74) is 6.01. The minimum Gasteiger partial charge on any atom is -0.378 e. The molecule has 3 N–H and O–H groups in total. The van der Waals surface area contributed by atoms with Crippen LogP contribution in [0, 0.1) is 0 Å². The number of nitrogens with zero attached hydrogens (tertiary/aromatic N) is 2. The van der Waals surface area contributed by atoms with Crippen molar-refractivity contribution in [2.75, 3.05) is 43.1 Å². The molecule has 1 aromatic heterocycles. The second-order valence-electron chi connectivity index (χ2n) is 4.09. The van der Waals surface area contributed by atoms with Gasteiger partial charge in [-0.1, -0.05) is 0 Å². The molecule has 1 aromatic rings. The summed E-state index contributed by atoms with van der Waals surface area (Å²) in [6.45, 7) is 3.52. The topological polar surface area (TPSA) is 80.5 Å². The van der Waals surface area contributed by atoms with Gasteiger partial charge < -0.3 is 20.7 Å². The van der Waals surface area contributed by atoms with Crippen LogP contribution in [-0.2, 0) is 9.53 Å². The van der Waals surface area contributed by atoms with E-state index >= 15 is 0 Å². The maximum absolute atomic E-state index is 11.4. The highest BCUT2D eigenvalue weighted by Crippen LogP contribution is 2.15. The first-order valence-corrected chi connectivity index (χ1v) is 6.08. The number of nitrogens with two attached hydrogens (primary N) is 1. The van der Waals surface area contributed by atoms with Crippen molar-refractivity contribution in [3.63, 3.8) is 0 Å². The van der Waals surface area contributed by atoms with Gasteiger partial charge in [0.15, 0.2) is 0 Å². The first-order chi connectivity index (χ1) is 8.79. The highest BCUT2D eigenvalue weighted by atomic mass is 16.5. The van der Waals surface area contributed by atoms with Crippen molar-refractivity contribution in [2.45, 2.75) is 6.42 Å². The fraction of sp³-hybridized carbons (Fsp3) is 0.500. The van der Waals surface area contributed by atoms with Crippen molar-refractivity contribution in [3.05, 3.63) is 18.3 Å². The van der Waals surface area contributed by atoms with Gasteiger partial charge in [0.25, 0.3) is 0 Å². The van der Waals surface area contributed by atoms with E-state index in [0.717, 1.165) is 32.1 Å². The number of aromatic nitrogens is 1. The van der Waals surface area contributed by atoms with Gasteiger partial charge in [-0.05, 0) is 12.1 Å². The van der Waals surface area contributed by atoms with Gasteiger partial charge in [-0.2, -0.15) is 0 Å². The predicted octanol–water partition coefficient (Wildman–Crippen LogP) is 0.206. The van der Waals surface area contributed by atoms with E-state index in [1.54, 1.807) is 6.20 Å². The quantitative estimate of drug-likeness (QED) is 0.798. The molecular weight excluding hydrogens is 232 g/mol. The van der Waals surface area contributed by atoms with Gasteiger partial charge in [0.2, 0.25) is 5.91 Å². The molecule has 0 spiro atoms. The number of morpholine rings is 1. The van der Waals surface area contributed by atoms with Crippen molar-refractivity contribution in [1.29, 1.82) is 0 Å². The fourth-order valence-corrected chi connectivity index (χ4v) is 1.79. The summed E-state index contributed by atoms with van der Waals surface area (Å²) in [5, 5.41) is 2.75. The zero-order valence-electron chi connectivity index (χ0n) is 10.3. The number of pyridine rings is 1. The summed E-state index contributed by atoms with van der Waals surface area (Å²) < 4.78 is 5.29. The molecule has 0 saturated carbocycles. The lowest BCUT2D eigenvalue weighted by atomic mass is 10.3. The normalized spacial score (nSPS) is 15.5. The lowest BCUT2D eigenvalue weighted by Crippen LogP contribution is -2.36. The van der Waals surface area contributed by atoms with Crippen LogP contribution in [0.3, 0.4) is 0 Å². The molecule has 0 atom stereocenters. The second-order valence-corrected chi connectivity index (χ2v) is 4.09. The number of rotatable bonds is 4. The van der Waals surface area contributed by atoms with Crippen LogP contribution in [0.1, 0.15) is 6.42 Å². The minimum absolute atomic E-state index is 0.0848. The summed E-state index contributed by atoms with van der Waals surface area (Å²) in [7, 11) is 0. The standard InChI is InChI=1S/C12H18N4O2/c13-4-3-12(17)15-10-1-2-11(14-9-10)16-5-7-18-8-6-16/h1-2,9H,3-8,13H2,(H,15,17). The smallest absolute Gasteiger partial charge is 0.225 e. The molecule has 1 aliphatic heterocycles. The van der Waals surface area contributed by atoms with Crippen LogP contribution in [0.2, 0.25) is 0 Å². The molecule has 0 aromatic carbocycles. The Hall–Kier alpha value is -1.66. The third-order valence-corrected chi connectivity index (χ3v) is 2.74. The van der Waals surface area contributed by atoms with Crippen molar-refractivity contribution < 1.29 is 9.53 Å². The number of carbonyl (C=O) groups is 1. The highest BCUT2D eigenvalue weighted by Gasteiger charge is 2.12. The summed E-state index contributed by atoms with van der Waals surface area (Å²) in [6, 6.07) is 3.76. The van der Waals surface area contributed by atoms with E-state index in [9.17, 15) is 4.79 Å². The number of anilines is 2. The van der Waals surface area contributed by atoms with Crippen molar-refractivity contribution in [1.82, 2.24) is 4.98 Å². The number of hydrogen-bond acceptors (Lipinski definition) is 5. The van der Waals surface area contributed by atoms with E-state index in [2.05, 4.69) is 15.2 Å². The van der Waals surface area contributed by atoms with E-state index in [1.807, 2.05) is 12.1 Å². The molecule has 2 rings (SSSR count). The Labute approximate surface area is 106 Å². The third kappa shape index (κ3) is 3.41. The lowest BCUT2D eigenvalue weighted by Gasteiger charge is -2.27.